The van der Waals surface area contributed by atoms with Crippen molar-refractivity contribution in [3.63, 3.8) is 0 Å². The van der Waals surface area contributed by atoms with Gasteiger partial charge in [-0.05, 0) is 0 Å². The Bertz CT molecular complexity index is 457. The van der Waals surface area contributed by atoms with Crippen LogP contribution in [0.15, 0.2) is 28.2 Å². The average Bonchev–Trinajstić information content (AvgIpc) is 2.62. The van der Waals surface area contributed by atoms with E-state index in [0.29, 0.717) is 12.6 Å². The number of rotatable bonds is 2. The zero-order valence-electron chi connectivity index (χ0n) is 11.5. The third-order valence-corrected chi connectivity index (χ3v) is 2.78. The molecule has 17 heavy (non-hydrogen) atoms. The van der Waals surface area contributed by atoms with Crippen molar-refractivity contribution in [2.75, 3.05) is 6.67 Å². The van der Waals surface area contributed by atoms with Crippen molar-refractivity contribution in [3.05, 3.63) is 47.8 Å². The molecule has 2 nitrogen and oxygen atoms in total. The van der Waals surface area contributed by atoms with E-state index in [9.17, 15) is 0 Å². The predicted octanol–water partition coefficient (Wildman–Crippen LogP) is -1.05. The van der Waals surface area contributed by atoms with Crippen molar-refractivity contribution in [2.45, 2.75) is 20.8 Å². The molecule has 0 aromatic heterocycles. The summed E-state index contributed by atoms with van der Waals surface area (Å²) in [7, 11) is 0. The molecule has 1 aliphatic rings. The Morgan fingerprint density at radius 3 is 2.35 bits per heavy atom. The molecule has 0 bridgehead atoms. The van der Waals surface area contributed by atoms with Crippen LogP contribution in [0.25, 0.3) is 0 Å². The van der Waals surface area contributed by atoms with Crippen molar-refractivity contribution < 1.29 is 90.9 Å². The van der Waals surface area contributed by atoms with Gasteiger partial charge in [0.25, 0.3) is 0 Å². The molecule has 0 N–H and O–H groups in total. The second-order valence-electron chi connectivity index (χ2n) is 4.00. The number of hydrogen-bond acceptors (Lipinski definition) is 2. The molecule has 0 atom stereocenters. The molecular weight excluding hydrogens is 359 g/mol. The number of nitrogens with zero attached hydrogens (tertiary/aromatic N) is 2. The fourth-order valence-electron chi connectivity index (χ4n) is 1.55. The van der Waals surface area contributed by atoms with E-state index in [1.807, 2.05) is 0 Å². The smallest absolute Gasteiger partial charge is 0.358 e. The summed E-state index contributed by atoms with van der Waals surface area (Å²) in [6.45, 7) is 7.20. The minimum Gasteiger partial charge on any atom is -0.358 e. The van der Waals surface area contributed by atoms with Gasteiger partial charge in [-0.15, -0.1) is 6.07 Å². The van der Waals surface area contributed by atoms with Gasteiger partial charge in [0.15, 0.2) is 0 Å². The molecule has 1 radical (unpaired) electrons. The summed E-state index contributed by atoms with van der Waals surface area (Å²) in [5.41, 5.74) is 1.29. The van der Waals surface area contributed by atoms with Crippen molar-refractivity contribution in [1.29, 1.82) is 0 Å². The summed E-state index contributed by atoms with van der Waals surface area (Å²) in [5.74, 6) is 2.00. The zero-order valence-corrected chi connectivity index (χ0v) is 19.2. The second-order valence-corrected chi connectivity index (χ2v) is 4.00. The van der Waals surface area contributed by atoms with Crippen LogP contribution >= 0.6 is 0 Å². The van der Waals surface area contributed by atoms with Gasteiger partial charge in [-0.25, -0.2) is 0 Å². The molecule has 0 saturated heterocycles. The first-order chi connectivity index (χ1) is 6.68. The Morgan fingerprint density at radius 2 is 1.76 bits per heavy atom. The number of hydrogen-bond donors (Lipinski definition) is 0. The summed E-state index contributed by atoms with van der Waals surface area (Å²) in [4.78, 5) is 8.59. The molecule has 85 valence electrons. The van der Waals surface area contributed by atoms with Crippen LogP contribution in [0.1, 0.15) is 26.3 Å². The summed E-state index contributed by atoms with van der Waals surface area (Å²) in [5, 5.41) is 2.08. The topological polar surface area (TPSA) is 24.7 Å². The standard InChI is InChI=1S/C12H15N2.CH3.Rb.Y/c1-8(2)9(3)10-4-5-11-12(6-10)14-7-13-11;;;/h4-6,8H,7H2,1-3H3;1H3;;/q2*-1;+1;. The van der Waals surface area contributed by atoms with Crippen LogP contribution in [0.2, 0.25) is 0 Å². The van der Waals surface area contributed by atoms with E-state index in [2.05, 4.69) is 49.0 Å². The Kier molecular flexibility index (Phi) is 11.7. The Balaban J connectivity index is 0. The molecule has 1 aliphatic heterocycles. The van der Waals surface area contributed by atoms with Crippen molar-refractivity contribution in [2.24, 2.45) is 15.9 Å². The van der Waals surface area contributed by atoms with E-state index < -0.39 is 0 Å². The van der Waals surface area contributed by atoms with Gasteiger partial charge in [-0.2, -0.15) is 17.5 Å². The fraction of sp³-hybridized carbons (Fsp3) is 0.385. The maximum absolute atomic E-state index is 4.32. The van der Waals surface area contributed by atoms with E-state index in [4.69, 9.17) is 0 Å². The third kappa shape index (κ3) is 5.24. The van der Waals surface area contributed by atoms with Crippen molar-refractivity contribution in [3.8, 4) is 0 Å². The largest absolute Gasteiger partial charge is 1.00 e. The van der Waals surface area contributed by atoms with Crippen molar-refractivity contribution >= 4 is 0 Å². The summed E-state index contributed by atoms with van der Waals surface area (Å²) < 4.78 is 0. The number of fused-ring (bicyclic) bond motifs is 1. The first kappa shape index (κ1) is 20.9. The zero-order chi connectivity index (χ0) is 10.1. The number of benzene rings is 1. The SMILES string of the molecule is C[C-](c1ccc2c(c1)=NCN=2)C(C)C.[CH3-].[Rb+].[Y]. The first-order valence-corrected chi connectivity index (χ1v) is 5.01. The second kappa shape index (κ2) is 9.49. The maximum atomic E-state index is 4.32. The Morgan fingerprint density at radius 1 is 1.18 bits per heavy atom. The maximum Gasteiger partial charge on any atom is 1.00 e. The van der Waals surface area contributed by atoms with Crippen LogP contribution in [-0.4, -0.2) is 6.67 Å². The first-order valence-electron chi connectivity index (χ1n) is 5.01. The van der Waals surface area contributed by atoms with E-state index in [-0.39, 0.29) is 98.3 Å². The van der Waals surface area contributed by atoms with E-state index in [1.54, 1.807) is 0 Å². The van der Waals surface area contributed by atoms with Gasteiger partial charge in [-0.1, -0.05) is 32.8 Å². The van der Waals surface area contributed by atoms with E-state index >= 15 is 0 Å². The van der Waals surface area contributed by atoms with Gasteiger partial charge in [0, 0.05) is 38.1 Å². The molecular formula is C13H18N2RbY-. The minimum atomic E-state index is 0. The molecule has 0 aliphatic carbocycles. The van der Waals surface area contributed by atoms with Gasteiger partial charge < -0.3 is 7.43 Å². The molecule has 0 fully saturated rings. The van der Waals surface area contributed by atoms with Crippen LogP contribution in [-0.2, 0) is 32.7 Å². The quantitative estimate of drug-likeness (QED) is 0.589. The molecule has 1 aromatic rings. The van der Waals surface area contributed by atoms with E-state index in [0.717, 1.165) is 10.7 Å². The average molecular weight is 377 g/mol. The summed E-state index contributed by atoms with van der Waals surface area (Å²) >= 11 is 0. The van der Waals surface area contributed by atoms with Crippen LogP contribution in [0.3, 0.4) is 0 Å². The van der Waals surface area contributed by atoms with Gasteiger partial charge in [0.1, 0.15) is 6.67 Å². The minimum absolute atomic E-state index is 0. The molecule has 1 aromatic carbocycles. The predicted molar refractivity (Wildman–Crippen MR) is 62.9 cm³/mol. The third-order valence-electron chi connectivity index (χ3n) is 2.78. The van der Waals surface area contributed by atoms with E-state index in [1.165, 1.54) is 11.5 Å². The summed E-state index contributed by atoms with van der Waals surface area (Å²) in [6.07, 6.45) is 0. The molecule has 1 heterocycles. The van der Waals surface area contributed by atoms with Gasteiger partial charge in [0.2, 0.25) is 0 Å². The molecule has 0 amide bonds. The van der Waals surface area contributed by atoms with Crippen LogP contribution < -0.4 is 68.9 Å². The van der Waals surface area contributed by atoms with Crippen LogP contribution in [0.4, 0.5) is 0 Å². The Labute approximate surface area is 178 Å². The van der Waals surface area contributed by atoms with Crippen LogP contribution in [0, 0.1) is 19.3 Å². The van der Waals surface area contributed by atoms with Gasteiger partial charge in [0.05, 0.1) is 5.36 Å². The molecule has 0 saturated carbocycles. The molecule has 0 spiro atoms. The molecule has 0 unspecified atom stereocenters. The fourth-order valence-corrected chi connectivity index (χ4v) is 1.55. The van der Waals surface area contributed by atoms with Gasteiger partial charge >= 0.3 is 58.2 Å². The molecule has 4 heteroatoms. The normalized spacial score (nSPS) is 11.1. The van der Waals surface area contributed by atoms with Crippen LogP contribution in [0.5, 0.6) is 0 Å². The Hall–Kier alpha value is 1.60. The van der Waals surface area contributed by atoms with Gasteiger partial charge in [-0.3, -0.25) is 9.98 Å². The molecule has 2 rings (SSSR count). The van der Waals surface area contributed by atoms with Crippen molar-refractivity contribution in [1.82, 2.24) is 0 Å². The summed E-state index contributed by atoms with van der Waals surface area (Å²) in [6, 6.07) is 6.34. The monoisotopic (exact) mass is 376 g/mol.